The van der Waals surface area contributed by atoms with Gasteiger partial charge in [-0.15, -0.1) is 0 Å². The number of hydrogen-bond acceptors (Lipinski definition) is 8. The van der Waals surface area contributed by atoms with Gasteiger partial charge in [0.15, 0.2) is 11.5 Å². The highest BCUT2D eigenvalue weighted by Gasteiger charge is 2.25. The topological polar surface area (TPSA) is 91.9 Å². The first-order valence-electron chi connectivity index (χ1n) is 12.2. The molecule has 0 atom stereocenters. The minimum Gasteiger partial charge on any atom is -0.474 e. The van der Waals surface area contributed by atoms with E-state index in [1.165, 1.54) is 18.0 Å². The van der Waals surface area contributed by atoms with E-state index in [2.05, 4.69) is 43.6 Å². The number of piperidine rings is 1. The summed E-state index contributed by atoms with van der Waals surface area (Å²) in [6, 6.07) is 9.29. The van der Waals surface area contributed by atoms with E-state index in [0.29, 0.717) is 34.6 Å². The lowest BCUT2D eigenvalue weighted by molar-refractivity contribution is 0.0824. The minimum atomic E-state index is -0.405. The molecule has 0 amide bonds. The molecular formula is C26H30FN7OS. The Kier molecular flexibility index (Phi) is 7.06. The molecule has 4 aromatic rings. The van der Waals surface area contributed by atoms with E-state index in [9.17, 15) is 0 Å². The molecule has 0 unspecified atom stereocenters. The molecule has 1 saturated heterocycles. The second-order valence-corrected chi connectivity index (χ2v) is 10.2. The minimum absolute atomic E-state index is 0.0656. The predicted octanol–water partition coefficient (Wildman–Crippen LogP) is 5.54. The molecule has 2 N–H and O–H groups in total. The SMILES string of the molecule is Cc1ccnc(SNc2ccc(-c3nc(OC4CCN(C(C)C)CC4)c4c(C)[nH]nc4n3)cc2F)c1. The lowest BCUT2D eigenvalue weighted by atomic mass is 10.1. The monoisotopic (exact) mass is 507 g/mol. The van der Waals surface area contributed by atoms with Crippen LogP contribution in [-0.2, 0) is 0 Å². The average Bonchev–Trinajstić information content (AvgIpc) is 3.24. The predicted molar refractivity (Wildman–Crippen MR) is 141 cm³/mol. The maximum absolute atomic E-state index is 15.0. The number of rotatable bonds is 7. The van der Waals surface area contributed by atoms with E-state index in [-0.39, 0.29) is 6.10 Å². The van der Waals surface area contributed by atoms with Crippen LogP contribution in [0.4, 0.5) is 10.1 Å². The van der Waals surface area contributed by atoms with Gasteiger partial charge in [0.25, 0.3) is 0 Å². The largest absolute Gasteiger partial charge is 0.474 e. The molecule has 36 heavy (non-hydrogen) atoms. The highest BCUT2D eigenvalue weighted by Crippen LogP contribution is 2.32. The molecule has 0 radical (unpaired) electrons. The van der Waals surface area contributed by atoms with Crippen molar-refractivity contribution in [2.45, 2.75) is 57.7 Å². The van der Waals surface area contributed by atoms with Crippen LogP contribution < -0.4 is 9.46 Å². The smallest absolute Gasteiger partial charge is 0.228 e. The van der Waals surface area contributed by atoms with E-state index >= 15 is 4.39 Å². The Labute approximate surface area is 214 Å². The number of aryl methyl sites for hydroxylation is 2. The molecule has 10 heteroatoms. The Bertz CT molecular complexity index is 1370. The van der Waals surface area contributed by atoms with Crippen LogP contribution in [0.25, 0.3) is 22.4 Å². The average molecular weight is 508 g/mol. The van der Waals surface area contributed by atoms with Gasteiger partial charge in [-0.3, -0.25) is 5.10 Å². The van der Waals surface area contributed by atoms with E-state index in [4.69, 9.17) is 9.72 Å². The van der Waals surface area contributed by atoms with Crippen molar-refractivity contribution in [3.63, 3.8) is 0 Å². The lowest BCUT2D eigenvalue weighted by Gasteiger charge is -2.34. The number of likely N-dealkylation sites (tertiary alicyclic amines) is 1. The quantitative estimate of drug-likeness (QED) is 0.315. The van der Waals surface area contributed by atoms with Gasteiger partial charge in [-0.25, -0.2) is 14.4 Å². The van der Waals surface area contributed by atoms with E-state index in [1.54, 1.807) is 18.3 Å². The van der Waals surface area contributed by atoms with Crippen molar-refractivity contribution in [3.8, 4) is 17.3 Å². The van der Waals surface area contributed by atoms with Crippen LogP contribution >= 0.6 is 11.9 Å². The van der Waals surface area contributed by atoms with Gasteiger partial charge in [0.2, 0.25) is 5.88 Å². The molecule has 1 aromatic carbocycles. The number of fused-ring (bicyclic) bond motifs is 1. The highest BCUT2D eigenvalue weighted by molar-refractivity contribution is 8.00. The number of anilines is 1. The lowest BCUT2D eigenvalue weighted by Crippen LogP contribution is -2.41. The summed E-state index contributed by atoms with van der Waals surface area (Å²) in [5.74, 6) is 0.466. The van der Waals surface area contributed by atoms with Crippen LogP contribution in [0.3, 0.4) is 0 Å². The molecule has 0 spiro atoms. The summed E-state index contributed by atoms with van der Waals surface area (Å²) in [5.41, 5.74) is 3.36. The number of halogens is 1. The zero-order valence-electron chi connectivity index (χ0n) is 20.9. The summed E-state index contributed by atoms with van der Waals surface area (Å²) < 4.78 is 24.4. The number of nitrogens with zero attached hydrogens (tertiary/aromatic N) is 5. The standard InChI is InChI=1S/C26H30FN7OS/c1-15(2)34-11-8-19(9-12-34)35-26-23-17(4)31-32-25(23)29-24(30-26)18-5-6-21(20(27)14-18)33-36-22-13-16(3)7-10-28-22/h5-7,10,13-15,19,33H,8-9,11-12H2,1-4H3,(H,29,30,31,32). The van der Waals surface area contributed by atoms with Crippen LogP contribution in [0.2, 0.25) is 0 Å². The maximum Gasteiger partial charge on any atom is 0.228 e. The Morgan fingerprint density at radius 3 is 2.67 bits per heavy atom. The molecular weight excluding hydrogens is 477 g/mol. The van der Waals surface area contributed by atoms with E-state index in [0.717, 1.165) is 47.6 Å². The molecule has 1 aliphatic rings. The summed E-state index contributed by atoms with van der Waals surface area (Å²) in [7, 11) is 0. The van der Waals surface area contributed by atoms with Gasteiger partial charge in [-0.1, -0.05) is 0 Å². The number of aromatic nitrogens is 5. The molecule has 0 saturated carbocycles. The fraction of sp³-hybridized carbons (Fsp3) is 0.385. The second kappa shape index (κ2) is 10.4. The first kappa shape index (κ1) is 24.5. The first-order chi connectivity index (χ1) is 17.4. The molecule has 0 bridgehead atoms. The van der Waals surface area contributed by atoms with Gasteiger partial charge in [-0.2, -0.15) is 10.1 Å². The van der Waals surface area contributed by atoms with Crippen LogP contribution in [0.15, 0.2) is 41.6 Å². The van der Waals surface area contributed by atoms with Gasteiger partial charge < -0.3 is 14.4 Å². The highest BCUT2D eigenvalue weighted by atomic mass is 32.2. The van der Waals surface area contributed by atoms with Gasteiger partial charge >= 0.3 is 0 Å². The molecule has 5 rings (SSSR count). The number of H-pyrrole nitrogens is 1. The third-order valence-corrected chi connectivity index (χ3v) is 7.18. The van der Waals surface area contributed by atoms with Gasteiger partial charge in [0.05, 0.1) is 5.69 Å². The Morgan fingerprint density at radius 2 is 1.94 bits per heavy atom. The number of benzene rings is 1. The zero-order chi connectivity index (χ0) is 25.2. The van der Waals surface area contributed by atoms with Crippen LogP contribution in [0.5, 0.6) is 5.88 Å². The summed E-state index contributed by atoms with van der Waals surface area (Å²) in [5, 5.41) is 8.84. The molecule has 0 aliphatic carbocycles. The Morgan fingerprint density at radius 1 is 1.14 bits per heavy atom. The van der Waals surface area contributed by atoms with Crippen molar-refractivity contribution < 1.29 is 9.13 Å². The van der Waals surface area contributed by atoms with E-state index < -0.39 is 5.82 Å². The summed E-state index contributed by atoms with van der Waals surface area (Å²) in [6.45, 7) is 10.3. The normalized spacial score (nSPS) is 15.1. The number of hydrogen-bond donors (Lipinski definition) is 2. The second-order valence-electron chi connectivity index (χ2n) is 9.42. The fourth-order valence-corrected chi connectivity index (χ4v) is 5.06. The molecule has 1 fully saturated rings. The number of nitrogens with one attached hydrogen (secondary N) is 2. The summed E-state index contributed by atoms with van der Waals surface area (Å²) in [4.78, 5) is 16.0. The third-order valence-electron chi connectivity index (χ3n) is 6.43. The van der Waals surface area contributed by atoms with Gasteiger partial charge in [0, 0.05) is 48.5 Å². The van der Waals surface area contributed by atoms with Crippen molar-refractivity contribution in [1.82, 2.24) is 30.0 Å². The van der Waals surface area contributed by atoms with Crippen molar-refractivity contribution >= 4 is 28.7 Å². The molecule has 8 nitrogen and oxygen atoms in total. The maximum atomic E-state index is 15.0. The van der Waals surface area contributed by atoms with Crippen LogP contribution in [0, 0.1) is 19.7 Å². The Balaban J connectivity index is 1.37. The van der Waals surface area contributed by atoms with Crippen molar-refractivity contribution in [2.24, 2.45) is 0 Å². The Hall–Kier alpha value is -3.24. The summed E-state index contributed by atoms with van der Waals surface area (Å²) >= 11 is 1.26. The van der Waals surface area contributed by atoms with Crippen molar-refractivity contribution in [1.29, 1.82) is 0 Å². The van der Waals surface area contributed by atoms with E-state index in [1.807, 2.05) is 26.0 Å². The molecule has 188 valence electrons. The van der Waals surface area contributed by atoms with Crippen LogP contribution in [-0.4, -0.2) is 55.3 Å². The molecule has 3 aromatic heterocycles. The number of aromatic amines is 1. The molecule has 1 aliphatic heterocycles. The van der Waals surface area contributed by atoms with Crippen molar-refractivity contribution in [3.05, 3.63) is 53.6 Å². The van der Waals surface area contributed by atoms with Crippen LogP contribution in [0.1, 0.15) is 37.9 Å². The summed E-state index contributed by atoms with van der Waals surface area (Å²) in [6.07, 6.45) is 3.66. The number of pyridine rings is 1. The van der Waals surface area contributed by atoms with Gasteiger partial charge in [-0.05, 0) is 76.4 Å². The fourth-order valence-electron chi connectivity index (χ4n) is 4.32. The first-order valence-corrected chi connectivity index (χ1v) is 13.0. The van der Waals surface area contributed by atoms with Gasteiger partial charge in [0.1, 0.15) is 22.3 Å². The number of ether oxygens (including phenoxy) is 1. The van der Waals surface area contributed by atoms with Crippen molar-refractivity contribution in [2.75, 3.05) is 17.8 Å². The zero-order valence-corrected chi connectivity index (χ0v) is 21.7. The third kappa shape index (κ3) is 5.29. The molecule has 4 heterocycles.